The number of amides is 3. The Hall–Kier alpha value is -3.17. The van der Waals surface area contributed by atoms with E-state index in [0.717, 1.165) is 22.9 Å². The molecule has 3 amide bonds. The van der Waals surface area contributed by atoms with E-state index < -0.39 is 0 Å². The molecule has 158 valence electrons. The monoisotopic (exact) mass is 456 g/mol. The fourth-order valence-corrected chi connectivity index (χ4v) is 3.78. The fraction of sp³-hybridized carbons (Fsp3) is 0.190. The van der Waals surface area contributed by atoms with Crippen molar-refractivity contribution in [3.8, 4) is 11.4 Å². The number of nitrogens with one attached hydrogen (secondary N) is 1. The molecule has 1 aliphatic rings. The third kappa shape index (κ3) is 5.31. The number of halogens is 1. The molecule has 3 aromatic rings. The van der Waals surface area contributed by atoms with Crippen LogP contribution >= 0.6 is 23.4 Å². The molecule has 1 aromatic heterocycles. The topological polar surface area (TPSA) is 105 Å². The largest absolute Gasteiger partial charge is 0.339 e. The molecule has 0 saturated carbocycles. The first-order valence-electron chi connectivity index (χ1n) is 9.42. The highest BCUT2D eigenvalue weighted by Gasteiger charge is 2.29. The van der Waals surface area contributed by atoms with Crippen LogP contribution in [-0.2, 0) is 22.6 Å². The van der Waals surface area contributed by atoms with Crippen LogP contribution in [0.2, 0.25) is 5.02 Å². The zero-order valence-electron chi connectivity index (χ0n) is 16.2. The average Bonchev–Trinajstić information content (AvgIpc) is 3.36. The highest BCUT2D eigenvalue weighted by Crippen LogP contribution is 2.22. The van der Waals surface area contributed by atoms with Gasteiger partial charge in [-0.2, -0.15) is 4.98 Å². The zero-order valence-corrected chi connectivity index (χ0v) is 17.8. The van der Waals surface area contributed by atoms with Crippen molar-refractivity contribution in [2.75, 3.05) is 11.1 Å². The average molecular weight is 457 g/mol. The van der Waals surface area contributed by atoms with Crippen LogP contribution in [0.3, 0.4) is 0 Å². The first kappa shape index (κ1) is 21.1. The normalized spacial score (nSPS) is 13.6. The molecule has 0 bridgehead atoms. The predicted molar refractivity (Wildman–Crippen MR) is 117 cm³/mol. The molecule has 0 unspecified atom stereocenters. The summed E-state index contributed by atoms with van der Waals surface area (Å²) in [6, 6.07) is 14.1. The van der Waals surface area contributed by atoms with Gasteiger partial charge >= 0.3 is 0 Å². The summed E-state index contributed by atoms with van der Waals surface area (Å²) in [6.07, 6.45) is 0.485. The van der Waals surface area contributed by atoms with Crippen LogP contribution in [-0.4, -0.2) is 37.8 Å². The lowest BCUT2D eigenvalue weighted by atomic mass is 10.2. The Labute approximate surface area is 186 Å². The number of carbonyl (C=O) groups is 3. The van der Waals surface area contributed by atoms with Gasteiger partial charge in [-0.25, -0.2) is 0 Å². The first-order valence-corrected chi connectivity index (χ1v) is 10.8. The third-order valence-electron chi connectivity index (χ3n) is 4.56. The Morgan fingerprint density at radius 1 is 1.13 bits per heavy atom. The van der Waals surface area contributed by atoms with Crippen molar-refractivity contribution in [2.24, 2.45) is 0 Å². The van der Waals surface area contributed by atoms with Crippen molar-refractivity contribution in [3.05, 3.63) is 65.0 Å². The Bertz CT molecular complexity index is 1100. The molecule has 2 heterocycles. The molecule has 0 atom stereocenters. The number of imide groups is 1. The van der Waals surface area contributed by atoms with Crippen LogP contribution in [0.4, 0.5) is 10.5 Å². The number of hydrogen-bond acceptors (Lipinski definition) is 7. The smallest absolute Gasteiger partial charge is 0.289 e. The second-order valence-corrected chi connectivity index (χ2v) is 8.16. The van der Waals surface area contributed by atoms with Crippen LogP contribution in [0.1, 0.15) is 17.9 Å². The summed E-state index contributed by atoms with van der Waals surface area (Å²) in [5.74, 6) is 0.617. The van der Waals surface area contributed by atoms with Crippen molar-refractivity contribution in [1.29, 1.82) is 0 Å². The lowest BCUT2D eigenvalue weighted by molar-refractivity contribution is -0.125. The molecule has 0 spiro atoms. The maximum atomic E-state index is 12.2. The molecule has 10 heteroatoms. The molecule has 4 rings (SSSR count). The van der Waals surface area contributed by atoms with Crippen LogP contribution in [0, 0.1) is 0 Å². The van der Waals surface area contributed by atoms with Gasteiger partial charge in [-0.05, 0) is 42.0 Å². The van der Waals surface area contributed by atoms with Gasteiger partial charge in [-0.15, -0.1) is 0 Å². The predicted octanol–water partition coefficient (Wildman–Crippen LogP) is 4.16. The van der Waals surface area contributed by atoms with E-state index in [-0.39, 0.29) is 35.8 Å². The molecule has 31 heavy (non-hydrogen) atoms. The molecule has 1 aliphatic heterocycles. The van der Waals surface area contributed by atoms with E-state index >= 15 is 0 Å². The number of nitrogens with zero attached hydrogens (tertiary/aromatic N) is 3. The summed E-state index contributed by atoms with van der Waals surface area (Å²) < 4.78 is 5.21. The van der Waals surface area contributed by atoms with Gasteiger partial charge in [0.2, 0.25) is 23.5 Å². The van der Waals surface area contributed by atoms with Crippen molar-refractivity contribution in [3.63, 3.8) is 0 Å². The second-order valence-electron chi connectivity index (χ2n) is 6.80. The summed E-state index contributed by atoms with van der Waals surface area (Å²) >= 11 is 6.88. The summed E-state index contributed by atoms with van der Waals surface area (Å²) in [7, 11) is 0. The Balaban J connectivity index is 1.28. The van der Waals surface area contributed by atoms with E-state index in [1.54, 1.807) is 48.5 Å². The summed E-state index contributed by atoms with van der Waals surface area (Å²) in [5.41, 5.74) is 2.21. The van der Waals surface area contributed by atoms with E-state index in [2.05, 4.69) is 15.5 Å². The van der Waals surface area contributed by atoms with Gasteiger partial charge < -0.3 is 9.84 Å². The van der Waals surface area contributed by atoms with E-state index in [0.29, 0.717) is 28.8 Å². The number of aromatic nitrogens is 2. The number of thioether (sulfide) groups is 1. The van der Waals surface area contributed by atoms with Gasteiger partial charge in [0, 0.05) is 29.1 Å². The lowest BCUT2D eigenvalue weighted by Crippen LogP contribution is -2.27. The SMILES string of the molecule is O=C(CCc1nc(-c2ccc(Cl)cc2)no1)Nc1ccc(CN2C(=O)CSC2=O)cc1. The van der Waals surface area contributed by atoms with Crippen LogP contribution in [0.15, 0.2) is 53.1 Å². The summed E-state index contributed by atoms with van der Waals surface area (Å²) in [5, 5.41) is 7.11. The molecule has 8 nitrogen and oxygen atoms in total. The van der Waals surface area contributed by atoms with Gasteiger partial charge in [-0.3, -0.25) is 19.3 Å². The van der Waals surface area contributed by atoms with Gasteiger partial charge in [0.1, 0.15) is 0 Å². The Morgan fingerprint density at radius 3 is 2.55 bits per heavy atom. The molecule has 2 aromatic carbocycles. The standard InChI is InChI=1S/C21H17ClN4O4S/c22-15-5-3-14(4-6-15)20-24-18(30-25-20)10-9-17(27)23-16-7-1-13(2-8-16)11-26-19(28)12-31-21(26)29/h1-8H,9-12H2,(H,23,27). The Morgan fingerprint density at radius 2 is 1.87 bits per heavy atom. The van der Waals surface area contributed by atoms with Gasteiger partial charge in [0.15, 0.2) is 0 Å². The number of hydrogen-bond donors (Lipinski definition) is 1. The summed E-state index contributed by atoms with van der Waals surface area (Å²) in [4.78, 5) is 41.1. The third-order valence-corrected chi connectivity index (χ3v) is 5.67. The van der Waals surface area contributed by atoms with Crippen LogP contribution in [0.5, 0.6) is 0 Å². The molecule has 0 radical (unpaired) electrons. The molecule has 0 aliphatic carbocycles. The molecule has 1 fully saturated rings. The number of carbonyl (C=O) groups excluding carboxylic acids is 3. The van der Waals surface area contributed by atoms with Crippen LogP contribution in [0.25, 0.3) is 11.4 Å². The van der Waals surface area contributed by atoms with Crippen molar-refractivity contribution in [1.82, 2.24) is 15.0 Å². The molecule has 1 saturated heterocycles. The van der Waals surface area contributed by atoms with Crippen molar-refractivity contribution in [2.45, 2.75) is 19.4 Å². The summed E-state index contributed by atoms with van der Waals surface area (Å²) in [6.45, 7) is 0.228. The first-order chi connectivity index (χ1) is 15.0. The number of benzene rings is 2. The minimum atomic E-state index is -0.234. The number of aryl methyl sites for hydroxylation is 1. The second kappa shape index (κ2) is 9.32. The van der Waals surface area contributed by atoms with E-state index in [1.807, 2.05) is 0 Å². The van der Waals surface area contributed by atoms with E-state index in [4.69, 9.17) is 16.1 Å². The number of rotatable bonds is 7. The maximum Gasteiger partial charge on any atom is 0.289 e. The highest BCUT2D eigenvalue weighted by atomic mass is 35.5. The zero-order chi connectivity index (χ0) is 21.8. The van der Waals surface area contributed by atoms with Gasteiger partial charge in [-0.1, -0.05) is 40.7 Å². The minimum Gasteiger partial charge on any atom is -0.339 e. The number of anilines is 1. The van der Waals surface area contributed by atoms with Crippen molar-refractivity contribution >= 4 is 46.1 Å². The molecular formula is C21H17ClN4O4S. The Kier molecular flexibility index (Phi) is 6.34. The maximum absolute atomic E-state index is 12.2. The fourth-order valence-electron chi connectivity index (χ4n) is 2.93. The highest BCUT2D eigenvalue weighted by molar-refractivity contribution is 8.14. The van der Waals surface area contributed by atoms with Gasteiger partial charge in [0.05, 0.1) is 12.3 Å². The van der Waals surface area contributed by atoms with Gasteiger partial charge in [0.25, 0.3) is 5.24 Å². The van der Waals surface area contributed by atoms with E-state index in [9.17, 15) is 14.4 Å². The van der Waals surface area contributed by atoms with Crippen LogP contribution < -0.4 is 5.32 Å². The quantitative estimate of drug-likeness (QED) is 0.569. The van der Waals surface area contributed by atoms with E-state index in [1.165, 1.54) is 4.90 Å². The van der Waals surface area contributed by atoms with Crippen molar-refractivity contribution < 1.29 is 18.9 Å². The molecule has 1 N–H and O–H groups in total. The molecular weight excluding hydrogens is 440 g/mol. The minimum absolute atomic E-state index is 0.179. The lowest BCUT2D eigenvalue weighted by Gasteiger charge is -2.13.